The summed E-state index contributed by atoms with van der Waals surface area (Å²) in [7, 11) is 9.56. The fourth-order valence-corrected chi connectivity index (χ4v) is 2.78. The quantitative estimate of drug-likeness (QED) is 0.159. The second-order valence-electron chi connectivity index (χ2n) is 7.98. The van der Waals surface area contributed by atoms with Crippen LogP contribution in [0.25, 0.3) is 0 Å². The van der Waals surface area contributed by atoms with Gasteiger partial charge in [0.1, 0.15) is 0 Å². The molecule has 0 N–H and O–H groups in total. The molecule has 1 aromatic carbocycles. The van der Waals surface area contributed by atoms with Crippen molar-refractivity contribution in [3.8, 4) is 17.2 Å². The van der Waals surface area contributed by atoms with Crippen LogP contribution in [0, 0.1) is 0 Å². The first-order chi connectivity index (χ1) is 13.3. The minimum absolute atomic E-state index is 0. The minimum atomic E-state index is -0.378. The summed E-state index contributed by atoms with van der Waals surface area (Å²) in [5.74, 6) is 1.11. The number of quaternary nitrogens is 1. The zero-order chi connectivity index (χ0) is 21.0. The van der Waals surface area contributed by atoms with Crippen LogP contribution in [-0.2, 0) is 4.74 Å². The molecule has 0 radical (unpaired) electrons. The maximum Gasteiger partial charge on any atom is 0.338 e. The van der Waals surface area contributed by atoms with Crippen molar-refractivity contribution < 1.29 is 52.2 Å². The summed E-state index contributed by atoms with van der Waals surface area (Å²) >= 11 is 0. The van der Waals surface area contributed by atoms with Crippen LogP contribution in [0.3, 0.4) is 0 Å². The van der Waals surface area contributed by atoms with E-state index >= 15 is 0 Å². The van der Waals surface area contributed by atoms with E-state index in [0.717, 1.165) is 36.7 Å². The van der Waals surface area contributed by atoms with Gasteiger partial charge in [-0.1, -0.05) is 26.2 Å². The van der Waals surface area contributed by atoms with Crippen LogP contribution in [0.15, 0.2) is 12.1 Å². The number of carbonyl (C=O) groups excluding carboxylic acids is 1. The van der Waals surface area contributed by atoms with E-state index in [9.17, 15) is 4.79 Å². The molecule has 1 aromatic rings. The Morgan fingerprint density at radius 3 is 2.00 bits per heavy atom. The average Bonchev–Trinajstić information content (AvgIpc) is 2.66. The second kappa shape index (κ2) is 14.7. The average molecular weight is 523 g/mol. The van der Waals surface area contributed by atoms with Crippen LogP contribution in [0.4, 0.5) is 0 Å². The Morgan fingerprint density at radius 2 is 1.48 bits per heavy atom. The van der Waals surface area contributed by atoms with Crippen molar-refractivity contribution in [1.82, 2.24) is 0 Å². The molecule has 0 bridgehead atoms. The topological polar surface area (TPSA) is 54.0 Å². The van der Waals surface area contributed by atoms with Gasteiger partial charge < -0.3 is 47.4 Å². The number of hydrogen-bond acceptors (Lipinski definition) is 5. The van der Waals surface area contributed by atoms with Gasteiger partial charge in [0.25, 0.3) is 0 Å². The third-order valence-corrected chi connectivity index (χ3v) is 4.40. The third-order valence-electron chi connectivity index (χ3n) is 4.40. The maximum absolute atomic E-state index is 12.4. The number of benzene rings is 1. The lowest BCUT2D eigenvalue weighted by molar-refractivity contribution is -0.870. The Labute approximate surface area is 193 Å². The highest BCUT2D eigenvalue weighted by Crippen LogP contribution is 2.39. The number of unbranched alkanes of at least 4 members (excludes halogenated alkanes) is 4. The van der Waals surface area contributed by atoms with E-state index < -0.39 is 0 Å². The van der Waals surface area contributed by atoms with E-state index in [1.54, 1.807) is 26.4 Å². The Kier molecular flexibility index (Phi) is 14.1. The van der Waals surface area contributed by atoms with Gasteiger partial charge >= 0.3 is 5.97 Å². The van der Waals surface area contributed by atoms with Crippen molar-refractivity contribution in [2.24, 2.45) is 0 Å². The number of esters is 1. The van der Waals surface area contributed by atoms with E-state index in [1.807, 2.05) is 0 Å². The van der Waals surface area contributed by atoms with Crippen molar-refractivity contribution in [3.63, 3.8) is 0 Å². The summed E-state index contributed by atoms with van der Waals surface area (Å²) in [6, 6.07) is 3.30. The SMILES string of the molecule is CCCCCCOc1c(OC)cc(C(=O)OCCCC[N+](C)(C)C)cc1OC.[I-]. The number of nitrogens with zero attached hydrogens (tertiary/aromatic N) is 1. The summed E-state index contributed by atoms with van der Waals surface area (Å²) in [4.78, 5) is 12.4. The number of halogens is 1. The number of carbonyl (C=O) groups is 1. The Bertz CT molecular complexity index is 576. The lowest BCUT2D eigenvalue weighted by Gasteiger charge is -2.23. The van der Waals surface area contributed by atoms with Gasteiger partial charge in [0.05, 0.1) is 60.7 Å². The van der Waals surface area contributed by atoms with Crippen LogP contribution in [-0.4, -0.2) is 65.6 Å². The van der Waals surface area contributed by atoms with Gasteiger partial charge in [-0.25, -0.2) is 4.79 Å². The van der Waals surface area contributed by atoms with Gasteiger partial charge in [-0.05, 0) is 31.4 Å². The molecule has 0 aliphatic carbocycles. The van der Waals surface area contributed by atoms with Gasteiger partial charge in [-0.3, -0.25) is 0 Å². The van der Waals surface area contributed by atoms with E-state index in [2.05, 4.69) is 28.1 Å². The van der Waals surface area contributed by atoms with Crippen molar-refractivity contribution in [3.05, 3.63) is 17.7 Å². The van der Waals surface area contributed by atoms with Crippen LogP contribution >= 0.6 is 0 Å². The zero-order valence-corrected chi connectivity index (χ0v) is 21.0. The highest BCUT2D eigenvalue weighted by Gasteiger charge is 2.18. The van der Waals surface area contributed by atoms with Gasteiger partial charge in [0.2, 0.25) is 5.75 Å². The highest BCUT2D eigenvalue weighted by atomic mass is 127. The molecular formula is C22H38INO5. The summed E-state index contributed by atoms with van der Waals surface area (Å²) in [6.07, 6.45) is 6.32. The van der Waals surface area contributed by atoms with Gasteiger partial charge in [-0.15, -0.1) is 0 Å². The number of methoxy groups -OCH3 is 2. The fourth-order valence-electron chi connectivity index (χ4n) is 2.78. The molecule has 0 atom stereocenters. The van der Waals surface area contributed by atoms with Gasteiger partial charge in [0, 0.05) is 0 Å². The Morgan fingerprint density at radius 1 is 0.897 bits per heavy atom. The standard InChI is InChI=1S/C22H38NO5.HI/c1-7-8-9-11-14-27-21-19(25-5)16-18(17-20(21)26-6)22(24)28-15-12-10-13-23(2,3)4;/h16-17H,7-15H2,1-6H3;1H/q+1;/p-1. The molecule has 29 heavy (non-hydrogen) atoms. The number of hydrogen-bond donors (Lipinski definition) is 0. The molecule has 0 fully saturated rings. The highest BCUT2D eigenvalue weighted by molar-refractivity contribution is 5.91. The number of ether oxygens (including phenoxy) is 4. The van der Waals surface area contributed by atoms with Crippen molar-refractivity contribution in [2.75, 3.05) is 55.1 Å². The molecule has 0 aromatic heterocycles. The first-order valence-electron chi connectivity index (χ1n) is 10.2. The number of rotatable bonds is 14. The molecule has 0 aliphatic heterocycles. The summed E-state index contributed by atoms with van der Waals surface area (Å²) in [5, 5.41) is 0. The van der Waals surface area contributed by atoms with E-state index in [0.29, 0.717) is 36.0 Å². The molecule has 1 rings (SSSR count). The summed E-state index contributed by atoms with van der Waals surface area (Å²) in [5.41, 5.74) is 0.402. The summed E-state index contributed by atoms with van der Waals surface area (Å²) < 4.78 is 23.0. The predicted molar refractivity (Wildman–Crippen MR) is 112 cm³/mol. The molecule has 0 saturated carbocycles. The monoisotopic (exact) mass is 523 g/mol. The van der Waals surface area contributed by atoms with Crippen LogP contribution in [0.1, 0.15) is 55.8 Å². The molecule has 0 aliphatic rings. The van der Waals surface area contributed by atoms with Crippen molar-refractivity contribution >= 4 is 5.97 Å². The Balaban J connectivity index is 0.00000784. The largest absolute Gasteiger partial charge is 1.00 e. The zero-order valence-electron chi connectivity index (χ0n) is 18.9. The fraction of sp³-hybridized carbons (Fsp3) is 0.682. The normalized spacial score (nSPS) is 10.8. The minimum Gasteiger partial charge on any atom is -1.00 e. The Hall–Kier alpha value is -1.22. The molecule has 6 nitrogen and oxygen atoms in total. The smallest absolute Gasteiger partial charge is 0.338 e. The molecular weight excluding hydrogens is 485 g/mol. The van der Waals surface area contributed by atoms with Crippen molar-refractivity contribution in [1.29, 1.82) is 0 Å². The first kappa shape index (κ1) is 27.8. The molecule has 168 valence electrons. The molecule has 0 saturated heterocycles. The first-order valence-corrected chi connectivity index (χ1v) is 10.2. The third kappa shape index (κ3) is 10.9. The summed E-state index contributed by atoms with van der Waals surface area (Å²) in [6.45, 7) is 4.21. The molecule has 0 heterocycles. The molecule has 0 amide bonds. The molecule has 0 spiro atoms. The van der Waals surface area contributed by atoms with Gasteiger partial charge in [-0.2, -0.15) is 0 Å². The van der Waals surface area contributed by atoms with Gasteiger partial charge in [0.15, 0.2) is 11.5 Å². The van der Waals surface area contributed by atoms with E-state index in [-0.39, 0.29) is 29.9 Å². The van der Waals surface area contributed by atoms with Crippen LogP contribution in [0.5, 0.6) is 17.2 Å². The van der Waals surface area contributed by atoms with Crippen LogP contribution in [0.2, 0.25) is 0 Å². The van der Waals surface area contributed by atoms with E-state index in [1.165, 1.54) is 12.8 Å². The predicted octanol–water partition coefficient (Wildman–Crippen LogP) is 1.31. The second-order valence-corrected chi connectivity index (χ2v) is 7.98. The lowest BCUT2D eigenvalue weighted by atomic mass is 10.1. The van der Waals surface area contributed by atoms with E-state index in [4.69, 9.17) is 18.9 Å². The van der Waals surface area contributed by atoms with Crippen LogP contribution < -0.4 is 38.2 Å². The lowest BCUT2D eigenvalue weighted by Crippen LogP contribution is -3.00. The maximum atomic E-state index is 12.4. The molecule has 7 heteroatoms. The van der Waals surface area contributed by atoms with Crippen molar-refractivity contribution in [2.45, 2.75) is 45.4 Å². The molecule has 0 unspecified atom stereocenters.